The van der Waals surface area contributed by atoms with Crippen molar-refractivity contribution in [2.75, 3.05) is 5.75 Å². The molecule has 0 aliphatic heterocycles. The highest BCUT2D eigenvalue weighted by atomic mass is 32.2. The van der Waals surface area contributed by atoms with E-state index in [1.807, 2.05) is 0 Å². The fraction of sp³-hybridized carbons (Fsp3) is 0.625. The molecule has 0 spiro atoms. The molecule has 1 aromatic rings. The van der Waals surface area contributed by atoms with Crippen molar-refractivity contribution in [3.8, 4) is 0 Å². The van der Waals surface area contributed by atoms with E-state index in [9.17, 15) is 18.0 Å². The first-order valence-electron chi connectivity index (χ1n) is 7.73. The van der Waals surface area contributed by atoms with Crippen LogP contribution in [-0.4, -0.2) is 28.9 Å². The van der Waals surface area contributed by atoms with Gasteiger partial charge in [-0.3, -0.25) is 4.79 Å². The summed E-state index contributed by atoms with van der Waals surface area (Å²) in [4.78, 5) is 16.4. The summed E-state index contributed by atoms with van der Waals surface area (Å²) in [6.45, 7) is 4.27. The molecule has 0 aromatic carbocycles. The van der Waals surface area contributed by atoms with E-state index in [-0.39, 0.29) is 22.5 Å². The first-order chi connectivity index (χ1) is 10.8. The molecular formula is C16H21F3N2OS. The molecule has 1 N–H and O–H groups in total. The van der Waals surface area contributed by atoms with Crippen LogP contribution in [0.4, 0.5) is 13.2 Å². The molecule has 1 fully saturated rings. The Bertz CT molecular complexity index is 550. The molecule has 1 aliphatic rings. The van der Waals surface area contributed by atoms with E-state index in [1.165, 1.54) is 12.3 Å². The van der Waals surface area contributed by atoms with Crippen LogP contribution in [0.5, 0.6) is 0 Å². The largest absolute Gasteiger partial charge is 0.398 e. The zero-order chi connectivity index (χ0) is 17.0. The monoisotopic (exact) mass is 346 g/mol. The van der Waals surface area contributed by atoms with Gasteiger partial charge in [0.1, 0.15) is 5.03 Å². The van der Waals surface area contributed by atoms with Crippen LogP contribution in [0.25, 0.3) is 0 Å². The number of carbonyl (C=O) groups is 1. The molecule has 1 aromatic heterocycles. The van der Waals surface area contributed by atoms with Gasteiger partial charge in [0, 0.05) is 12.2 Å². The van der Waals surface area contributed by atoms with Crippen LogP contribution >= 0.6 is 11.8 Å². The Morgan fingerprint density at radius 1 is 1.39 bits per heavy atom. The summed E-state index contributed by atoms with van der Waals surface area (Å²) in [6.07, 6.45) is 0.221. The van der Waals surface area contributed by atoms with Crippen molar-refractivity contribution >= 4 is 17.7 Å². The predicted octanol–water partition coefficient (Wildman–Crippen LogP) is 4.29. The van der Waals surface area contributed by atoms with Gasteiger partial charge >= 0.3 is 6.18 Å². The molecule has 0 unspecified atom stereocenters. The number of hydrogen-bond acceptors (Lipinski definition) is 3. The lowest BCUT2D eigenvalue weighted by molar-refractivity contribution is -0.105. The zero-order valence-corrected chi connectivity index (χ0v) is 14.0. The molecule has 7 heteroatoms. The number of aromatic nitrogens is 1. The number of thioether (sulfide) groups is 1. The van der Waals surface area contributed by atoms with E-state index < -0.39 is 11.9 Å². The summed E-state index contributed by atoms with van der Waals surface area (Å²) in [5, 5.41) is 3.10. The van der Waals surface area contributed by atoms with Gasteiger partial charge in [-0.1, -0.05) is 38.5 Å². The number of nitrogens with zero attached hydrogens (tertiary/aromatic N) is 1. The average molecular weight is 346 g/mol. The maximum Gasteiger partial charge on any atom is 0.398 e. The third-order valence-corrected chi connectivity index (χ3v) is 5.48. The number of amides is 1. The van der Waals surface area contributed by atoms with E-state index >= 15 is 0 Å². The number of rotatable bonds is 4. The number of nitrogens with one attached hydrogen (secondary N) is 1. The smallest absolute Gasteiger partial charge is 0.349 e. The number of pyridine rings is 1. The maximum atomic E-state index is 12.5. The molecule has 128 valence electrons. The van der Waals surface area contributed by atoms with Crippen molar-refractivity contribution in [3.63, 3.8) is 0 Å². The van der Waals surface area contributed by atoms with Gasteiger partial charge in [-0.25, -0.2) is 4.98 Å². The second-order valence-electron chi connectivity index (χ2n) is 6.11. The summed E-state index contributed by atoms with van der Waals surface area (Å²) >= 11 is 0.549. The minimum Gasteiger partial charge on any atom is -0.349 e. The summed E-state index contributed by atoms with van der Waals surface area (Å²) < 4.78 is 37.2. The maximum absolute atomic E-state index is 12.5. The van der Waals surface area contributed by atoms with Crippen LogP contribution in [0.2, 0.25) is 0 Å². The van der Waals surface area contributed by atoms with Gasteiger partial charge in [-0.05, 0) is 30.4 Å². The lowest BCUT2D eigenvalue weighted by atomic mass is 9.78. The SMILES string of the molecule is C[C@H]1[C@H](C)CCC[C@@H]1NC(=O)c1cccnc1SCC(F)(F)F. The normalized spacial score (nSPS) is 25.2. The minimum atomic E-state index is -4.29. The third kappa shape index (κ3) is 5.12. The first kappa shape index (κ1) is 18.1. The first-order valence-corrected chi connectivity index (χ1v) is 8.72. The highest BCUT2D eigenvalue weighted by molar-refractivity contribution is 7.99. The molecule has 1 heterocycles. The minimum absolute atomic E-state index is 0.0620. The fourth-order valence-corrected chi connectivity index (χ4v) is 3.61. The van der Waals surface area contributed by atoms with Crippen LogP contribution in [0.15, 0.2) is 23.4 Å². The summed E-state index contributed by atoms with van der Waals surface area (Å²) in [5.74, 6) is -0.507. The molecule has 1 aliphatic carbocycles. The second-order valence-corrected chi connectivity index (χ2v) is 7.07. The van der Waals surface area contributed by atoms with Crippen LogP contribution in [0, 0.1) is 11.8 Å². The van der Waals surface area contributed by atoms with Gasteiger partial charge in [-0.15, -0.1) is 0 Å². The highest BCUT2D eigenvalue weighted by Gasteiger charge is 2.31. The fourth-order valence-electron chi connectivity index (χ4n) is 2.86. The Balaban J connectivity index is 2.07. The van der Waals surface area contributed by atoms with E-state index in [4.69, 9.17) is 0 Å². The summed E-state index contributed by atoms with van der Waals surface area (Å²) in [5.41, 5.74) is 0.215. The molecule has 23 heavy (non-hydrogen) atoms. The Morgan fingerprint density at radius 3 is 2.83 bits per heavy atom. The molecule has 0 bridgehead atoms. The average Bonchev–Trinajstić information content (AvgIpc) is 2.49. The highest BCUT2D eigenvalue weighted by Crippen LogP contribution is 2.31. The van der Waals surface area contributed by atoms with Gasteiger partial charge in [-0.2, -0.15) is 13.2 Å². The van der Waals surface area contributed by atoms with Gasteiger partial charge in [0.05, 0.1) is 11.3 Å². The topological polar surface area (TPSA) is 42.0 Å². The van der Waals surface area contributed by atoms with Crippen molar-refractivity contribution in [2.24, 2.45) is 11.8 Å². The Morgan fingerprint density at radius 2 is 2.13 bits per heavy atom. The van der Waals surface area contributed by atoms with Crippen LogP contribution in [-0.2, 0) is 0 Å². The lowest BCUT2D eigenvalue weighted by Gasteiger charge is -2.34. The zero-order valence-electron chi connectivity index (χ0n) is 13.2. The Labute approximate surface area is 138 Å². The van der Waals surface area contributed by atoms with Crippen LogP contribution in [0.1, 0.15) is 43.5 Å². The molecule has 1 amide bonds. The molecule has 1 saturated carbocycles. The lowest BCUT2D eigenvalue weighted by Crippen LogP contribution is -2.43. The van der Waals surface area contributed by atoms with Crippen LogP contribution in [0.3, 0.4) is 0 Å². The van der Waals surface area contributed by atoms with Crippen molar-refractivity contribution in [1.29, 1.82) is 0 Å². The molecule has 3 atom stereocenters. The van der Waals surface area contributed by atoms with Gasteiger partial charge < -0.3 is 5.32 Å². The van der Waals surface area contributed by atoms with Crippen molar-refractivity contribution in [2.45, 2.75) is 50.4 Å². The van der Waals surface area contributed by atoms with E-state index in [0.717, 1.165) is 19.3 Å². The van der Waals surface area contributed by atoms with Crippen LogP contribution < -0.4 is 5.32 Å². The van der Waals surface area contributed by atoms with Gasteiger partial charge in [0.15, 0.2) is 0 Å². The van der Waals surface area contributed by atoms with E-state index in [1.54, 1.807) is 6.07 Å². The molecule has 0 radical (unpaired) electrons. The number of alkyl halides is 3. The number of hydrogen-bond donors (Lipinski definition) is 1. The quantitative estimate of drug-likeness (QED) is 0.827. The number of carbonyl (C=O) groups excluding carboxylic acids is 1. The summed E-state index contributed by atoms with van der Waals surface area (Å²) in [6, 6.07) is 3.16. The standard InChI is InChI=1S/C16H21F3N2OS/c1-10-5-3-7-13(11(10)2)21-14(22)12-6-4-8-20-15(12)23-9-16(17,18)19/h4,6,8,10-11,13H,3,5,7,9H2,1-2H3,(H,21,22)/t10-,11+,13+/m1/s1. The third-order valence-electron chi connectivity index (χ3n) is 4.41. The molecule has 3 nitrogen and oxygen atoms in total. The second kappa shape index (κ2) is 7.55. The van der Waals surface area contributed by atoms with E-state index in [0.29, 0.717) is 23.6 Å². The molecule has 0 saturated heterocycles. The van der Waals surface area contributed by atoms with Crippen molar-refractivity contribution < 1.29 is 18.0 Å². The Kier molecular flexibility index (Phi) is 5.95. The van der Waals surface area contributed by atoms with Crippen molar-refractivity contribution in [3.05, 3.63) is 23.9 Å². The van der Waals surface area contributed by atoms with E-state index in [2.05, 4.69) is 24.1 Å². The molecule has 2 rings (SSSR count). The van der Waals surface area contributed by atoms with Gasteiger partial charge in [0.25, 0.3) is 5.91 Å². The van der Waals surface area contributed by atoms with Crippen molar-refractivity contribution in [1.82, 2.24) is 10.3 Å². The Hall–Kier alpha value is -1.24. The van der Waals surface area contributed by atoms with Gasteiger partial charge in [0.2, 0.25) is 0 Å². The number of halogens is 3. The predicted molar refractivity (Wildman–Crippen MR) is 84.4 cm³/mol. The molecular weight excluding hydrogens is 325 g/mol. The summed E-state index contributed by atoms with van der Waals surface area (Å²) in [7, 11) is 0.